The Kier molecular flexibility index (Phi) is 6.73. The number of nitrogens with zero attached hydrogens (tertiary/aromatic N) is 3. The van der Waals surface area contributed by atoms with Crippen LogP contribution in [-0.2, 0) is 21.4 Å². The normalized spacial score (nSPS) is 19.0. The van der Waals surface area contributed by atoms with Gasteiger partial charge in [-0.25, -0.2) is 9.71 Å². The van der Waals surface area contributed by atoms with Crippen LogP contribution in [0, 0.1) is 6.92 Å². The minimum atomic E-state index is -3.41. The molecule has 1 aromatic heterocycles. The van der Waals surface area contributed by atoms with Gasteiger partial charge in [0, 0.05) is 38.6 Å². The van der Waals surface area contributed by atoms with Gasteiger partial charge in [-0.15, -0.1) is 11.3 Å². The molecule has 0 saturated carbocycles. The minimum absolute atomic E-state index is 0.0838. The second-order valence-electron chi connectivity index (χ2n) is 6.24. The SMILES string of the molecule is Cc1nc(CC(=O)N2CCCCC2CCNS(=O)(=O)N(C)C)cs1. The number of thiazole rings is 1. The maximum Gasteiger partial charge on any atom is 0.278 e. The molecule has 1 saturated heterocycles. The van der Waals surface area contributed by atoms with Crippen LogP contribution in [0.2, 0.25) is 0 Å². The number of piperidine rings is 1. The monoisotopic (exact) mass is 374 g/mol. The second kappa shape index (κ2) is 8.37. The lowest BCUT2D eigenvalue weighted by Gasteiger charge is -2.36. The fourth-order valence-corrected chi connectivity index (χ4v) is 4.11. The van der Waals surface area contributed by atoms with Gasteiger partial charge in [-0.05, 0) is 32.6 Å². The highest BCUT2D eigenvalue weighted by molar-refractivity contribution is 7.87. The van der Waals surface area contributed by atoms with E-state index in [9.17, 15) is 13.2 Å². The molecule has 1 atom stereocenters. The number of aromatic nitrogens is 1. The van der Waals surface area contributed by atoms with Crippen molar-refractivity contribution in [1.29, 1.82) is 0 Å². The van der Waals surface area contributed by atoms with E-state index in [1.807, 2.05) is 17.2 Å². The highest BCUT2D eigenvalue weighted by atomic mass is 32.2. The zero-order valence-corrected chi connectivity index (χ0v) is 16.1. The number of nitrogens with one attached hydrogen (secondary N) is 1. The van der Waals surface area contributed by atoms with Crippen LogP contribution in [0.25, 0.3) is 0 Å². The maximum absolute atomic E-state index is 12.6. The Labute approximate surface area is 148 Å². The molecule has 1 amide bonds. The molecule has 24 heavy (non-hydrogen) atoms. The summed E-state index contributed by atoms with van der Waals surface area (Å²) in [6, 6.07) is 0.0934. The first-order valence-corrected chi connectivity index (χ1v) is 10.5. The molecule has 0 radical (unpaired) electrons. The number of carbonyl (C=O) groups is 1. The van der Waals surface area contributed by atoms with Gasteiger partial charge >= 0.3 is 0 Å². The summed E-state index contributed by atoms with van der Waals surface area (Å²) in [5, 5.41) is 2.89. The largest absolute Gasteiger partial charge is 0.339 e. The van der Waals surface area contributed by atoms with Crippen LogP contribution in [0.3, 0.4) is 0 Å². The summed E-state index contributed by atoms with van der Waals surface area (Å²) in [4.78, 5) is 18.9. The van der Waals surface area contributed by atoms with Crippen molar-refractivity contribution in [2.75, 3.05) is 27.2 Å². The first-order valence-electron chi connectivity index (χ1n) is 8.17. The van der Waals surface area contributed by atoms with Crippen LogP contribution < -0.4 is 4.72 Å². The van der Waals surface area contributed by atoms with Gasteiger partial charge in [0.05, 0.1) is 17.1 Å². The summed E-state index contributed by atoms with van der Waals surface area (Å²) in [5.41, 5.74) is 0.820. The highest BCUT2D eigenvalue weighted by Gasteiger charge is 2.27. The van der Waals surface area contributed by atoms with Crippen molar-refractivity contribution in [3.63, 3.8) is 0 Å². The quantitative estimate of drug-likeness (QED) is 0.776. The van der Waals surface area contributed by atoms with E-state index in [4.69, 9.17) is 0 Å². The van der Waals surface area contributed by atoms with E-state index in [0.29, 0.717) is 19.4 Å². The third kappa shape index (κ3) is 5.23. The molecule has 1 aliphatic rings. The van der Waals surface area contributed by atoms with Gasteiger partial charge in [0.1, 0.15) is 0 Å². The van der Waals surface area contributed by atoms with Crippen LogP contribution in [0.5, 0.6) is 0 Å². The molecular weight excluding hydrogens is 348 g/mol. The van der Waals surface area contributed by atoms with Crippen molar-refractivity contribution in [1.82, 2.24) is 18.9 Å². The zero-order chi connectivity index (χ0) is 17.7. The lowest BCUT2D eigenvalue weighted by molar-refractivity contribution is -0.134. The van der Waals surface area contributed by atoms with E-state index in [1.54, 1.807) is 11.3 Å². The summed E-state index contributed by atoms with van der Waals surface area (Å²) in [6.45, 7) is 3.01. The third-order valence-corrected chi connectivity index (χ3v) is 6.54. The summed E-state index contributed by atoms with van der Waals surface area (Å²) in [7, 11) is -0.422. The van der Waals surface area contributed by atoms with E-state index >= 15 is 0 Å². The predicted octanol–water partition coefficient (Wildman–Crippen LogP) is 1.16. The molecule has 0 aromatic carbocycles. The molecule has 136 valence electrons. The van der Waals surface area contributed by atoms with E-state index in [0.717, 1.165) is 40.8 Å². The van der Waals surface area contributed by atoms with Gasteiger partial charge in [-0.3, -0.25) is 4.79 Å². The van der Waals surface area contributed by atoms with Gasteiger partial charge in [0.25, 0.3) is 10.2 Å². The molecular formula is C15H26N4O3S2. The van der Waals surface area contributed by atoms with Crippen LogP contribution in [0.1, 0.15) is 36.4 Å². The number of aryl methyl sites for hydroxylation is 1. The molecule has 0 aliphatic carbocycles. The number of hydrogen-bond acceptors (Lipinski definition) is 5. The predicted molar refractivity (Wildman–Crippen MR) is 95.1 cm³/mol. The zero-order valence-electron chi connectivity index (χ0n) is 14.5. The van der Waals surface area contributed by atoms with Gasteiger partial charge in [0.15, 0.2) is 0 Å². The number of rotatable bonds is 7. The second-order valence-corrected chi connectivity index (χ2v) is 9.27. The molecule has 9 heteroatoms. The third-order valence-electron chi connectivity index (χ3n) is 4.19. The fraction of sp³-hybridized carbons (Fsp3) is 0.733. The number of hydrogen-bond donors (Lipinski definition) is 1. The summed E-state index contributed by atoms with van der Waals surface area (Å²) >= 11 is 1.55. The minimum Gasteiger partial charge on any atom is -0.339 e. The van der Waals surface area contributed by atoms with Crippen LogP contribution in [-0.4, -0.2) is 61.7 Å². The molecule has 1 aliphatic heterocycles. The molecule has 7 nitrogen and oxygen atoms in total. The van der Waals surface area contributed by atoms with Crippen molar-refractivity contribution < 1.29 is 13.2 Å². The number of carbonyl (C=O) groups excluding carboxylic acids is 1. The summed E-state index contributed by atoms with van der Waals surface area (Å²) < 4.78 is 27.2. The fourth-order valence-electron chi connectivity index (χ4n) is 2.86. The topological polar surface area (TPSA) is 82.6 Å². The Bertz CT molecular complexity index is 657. The van der Waals surface area contributed by atoms with Crippen LogP contribution >= 0.6 is 11.3 Å². The van der Waals surface area contributed by atoms with E-state index < -0.39 is 10.2 Å². The van der Waals surface area contributed by atoms with Crippen LogP contribution in [0.15, 0.2) is 5.38 Å². The molecule has 1 N–H and O–H groups in total. The Morgan fingerprint density at radius 1 is 1.46 bits per heavy atom. The standard InChI is InChI=1S/C15H26N4O3S2/c1-12-17-13(11-23-12)10-15(20)19-9-5-4-6-14(19)7-8-16-24(21,22)18(2)3/h11,14,16H,4-10H2,1-3H3. The average molecular weight is 375 g/mol. The molecule has 2 heterocycles. The lowest BCUT2D eigenvalue weighted by atomic mass is 9.99. The summed E-state index contributed by atoms with van der Waals surface area (Å²) in [5.74, 6) is 0.0838. The number of likely N-dealkylation sites (tertiary alicyclic amines) is 1. The highest BCUT2D eigenvalue weighted by Crippen LogP contribution is 2.21. The van der Waals surface area contributed by atoms with Crippen molar-refractivity contribution >= 4 is 27.5 Å². The van der Waals surface area contributed by atoms with Gasteiger partial charge < -0.3 is 4.90 Å². The first-order chi connectivity index (χ1) is 11.3. The average Bonchev–Trinajstić information content (AvgIpc) is 2.92. The lowest BCUT2D eigenvalue weighted by Crippen LogP contribution is -2.46. The van der Waals surface area contributed by atoms with E-state index in [1.165, 1.54) is 14.1 Å². The summed E-state index contributed by atoms with van der Waals surface area (Å²) in [6.07, 6.45) is 3.96. The number of amides is 1. The van der Waals surface area contributed by atoms with Gasteiger partial charge in [-0.2, -0.15) is 12.7 Å². The molecule has 1 unspecified atom stereocenters. The van der Waals surface area contributed by atoms with Gasteiger partial charge in [0.2, 0.25) is 5.91 Å². The maximum atomic E-state index is 12.6. The van der Waals surface area contributed by atoms with Crippen LogP contribution in [0.4, 0.5) is 0 Å². The Hall–Kier alpha value is -1.03. The molecule has 1 fully saturated rings. The molecule has 1 aromatic rings. The Balaban J connectivity index is 1.91. The first kappa shape index (κ1) is 19.3. The Morgan fingerprint density at radius 2 is 2.21 bits per heavy atom. The van der Waals surface area contributed by atoms with Crippen molar-refractivity contribution in [3.05, 3.63) is 16.1 Å². The van der Waals surface area contributed by atoms with Crippen molar-refractivity contribution in [2.24, 2.45) is 0 Å². The van der Waals surface area contributed by atoms with E-state index in [-0.39, 0.29) is 11.9 Å². The molecule has 0 bridgehead atoms. The van der Waals surface area contributed by atoms with Crippen molar-refractivity contribution in [3.8, 4) is 0 Å². The van der Waals surface area contributed by atoms with Crippen molar-refractivity contribution in [2.45, 2.75) is 45.1 Å². The van der Waals surface area contributed by atoms with E-state index in [2.05, 4.69) is 9.71 Å². The Morgan fingerprint density at radius 3 is 2.83 bits per heavy atom. The molecule has 0 spiro atoms. The van der Waals surface area contributed by atoms with Gasteiger partial charge in [-0.1, -0.05) is 0 Å². The smallest absolute Gasteiger partial charge is 0.278 e. The molecule has 2 rings (SSSR count).